The first-order chi connectivity index (χ1) is 7.97. The van der Waals surface area contributed by atoms with E-state index in [0.29, 0.717) is 0 Å². The van der Waals surface area contributed by atoms with Gasteiger partial charge in [0.05, 0.1) is 12.4 Å². The molecule has 0 nitrogen and oxygen atoms in total. The van der Waals surface area contributed by atoms with E-state index in [-0.39, 0.29) is 4.83 Å². The topological polar surface area (TPSA) is 0 Å². The van der Waals surface area contributed by atoms with Crippen molar-refractivity contribution in [1.29, 1.82) is 0 Å². The molecule has 0 aliphatic carbocycles. The number of hydrogen-bond donors (Lipinski definition) is 0. The maximum Gasteiger partial charge on any atom is 0.0757 e. The van der Waals surface area contributed by atoms with Gasteiger partial charge < -0.3 is 0 Å². The summed E-state index contributed by atoms with van der Waals surface area (Å²) in [5, 5.41) is 0. The molecule has 90 valence electrons. The average Bonchev–Trinajstić information content (AvgIpc) is 2.55. The van der Waals surface area contributed by atoms with Crippen LogP contribution in [-0.4, -0.2) is 0 Å². The van der Waals surface area contributed by atoms with Crippen LogP contribution in [0.1, 0.15) is 27.1 Å². The van der Waals surface area contributed by atoms with E-state index in [9.17, 15) is 0 Å². The van der Waals surface area contributed by atoms with Gasteiger partial charge in [0.25, 0.3) is 0 Å². The molecule has 0 spiro atoms. The number of alkyl halides is 1. The number of thiophene rings is 1. The fourth-order valence-corrected chi connectivity index (χ4v) is 5.85. The second kappa shape index (κ2) is 5.55. The molecule has 2 rings (SSSR count). The monoisotopic (exact) mass is 436 g/mol. The Morgan fingerprint density at radius 2 is 1.59 bits per heavy atom. The molecule has 2 aromatic rings. The van der Waals surface area contributed by atoms with Crippen molar-refractivity contribution in [2.45, 2.75) is 18.7 Å². The van der Waals surface area contributed by atoms with Crippen molar-refractivity contribution in [2.75, 3.05) is 0 Å². The summed E-state index contributed by atoms with van der Waals surface area (Å²) >= 11 is 12.6. The molecular formula is C13H11Br3S. The SMILES string of the molecule is Cc1cc(C)cc(C(Br)c2cc(Br)sc2Br)c1. The van der Waals surface area contributed by atoms with E-state index in [1.54, 1.807) is 11.3 Å². The predicted octanol–water partition coefficient (Wildman–Crippen LogP) is 6.37. The highest BCUT2D eigenvalue weighted by Gasteiger charge is 2.16. The Bertz CT molecular complexity index is 525. The van der Waals surface area contributed by atoms with Gasteiger partial charge in [0.15, 0.2) is 0 Å². The highest BCUT2D eigenvalue weighted by Crippen LogP contribution is 2.42. The Morgan fingerprint density at radius 1 is 1.00 bits per heavy atom. The lowest BCUT2D eigenvalue weighted by atomic mass is 10.0. The van der Waals surface area contributed by atoms with Crippen molar-refractivity contribution in [2.24, 2.45) is 0 Å². The Kier molecular flexibility index (Phi) is 4.50. The molecule has 0 saturated heterocycles. The normalized spacial score (nSPS) is 12.8. The van der Waals surface area contributed by atoms with Gasteiger partial charge in [-0.3, -0.25) is 0 Å². The Hall–Kier alpha value is 0.360. The van der Waals surface area contributed by atoms with E-state index in [4.69, 9.17) is 0 Å². The minimum absolute atomic E-state index is 0.234. The second-order valence-corrected chi connectivity index (χ2v) is 8.73. The van der Waals surface area contributed by atoms with Crippen LogP contribution < -0.4 is 0 Å². The van der Waals surface area contributed by atoms with Crippen molar-refractivity contribution in [1.82, 2.24) is 0 Å². The quantitative estimate of drug-likeness (QED) is 0.477. The number of rotatable bonds is 2. The second-order valence-electron chi connectivity index (χ2n) is 4.06. The average molecular weight is 439 g/mol. The zero-order chi connectivity index (χ0) is 12.6. The van der Waals surface area contributed by atoms with Crippen molar-refractivity contribution < 1.29 is 0 Å². The molecule has 1 heterocycles. The molecule has 0 bridgehead atoms. The summed E-state index contributed by atoms with van der Waals surface area (Å²) in [4.78, 5) is 0.234. The van der Waals surface area contributed by atoms with Gasteiger partial charge in [0, 0.05) is 0 Å². The van der Waals surface area contributed by atoms with Crippen LogP contribution in [0.3, 0.4) is 0 Å². The fraction of sp³-hybridized carbons (Fsp3) is 0.231. The molecule has 0 amide bonds. The lowest BCUT2D eigenvalue weighted by Gasteiger charge is -2.11. The Labute approximate surface area is 131 Å². The van der Waals surface area contributed by atoms with Gasteiger partial charge in [-0.15, -0.1) is 11.3 Å². The van der Waals surface area contributed by atoms with Crippen LogP contribution in [0.5, 0.6) is 0 Å². The van der Waals surface area contributed by atoms with Crippen LogP contribution in [0.15, 0.2) is 31.8 Å². The van der Waals surface area contributed by atoms with E-state index in [2.05, 4.69) is 85.9 Å². The van der Waals surface area contributed by atoms with Crippen molar-refractivity contribution in [3.05, 3.63) is 54.1 Å². The van der Waals surface area contributed by atoms with Gasteiger partial charge in [0.2, 0.25) is 0 Å². The lowest BCUT2D eigenvalue weighted by Crippen LogP contribution is -1.93. The van der Waals surface area contributed by atoms with Crippen LogP contribution >= 0.6 is 59.1 Å². The zero-order valence-corrected chi connectivity index (χ0v) is 15.0. The van der Waals surface area contributed by atoms with E-state index in [1.165, 1.54) is 26.0 Å². The third-order valence-electron chi connectivity index (χ3n) is 2.49. The number of benzene rings is 1. The molecule has 1 aromatic heterocycles. The van der Waals surface area contributed by atoms with Gasteiger partial charge in [-0.05, 0) is 62.9 Å². The van der Waals surface area contributed by atoms with Crippen LogP contribution in [0, 0.1) is 13.8 Å². The van der Waals surface area contributed by atoms with E-state index in [0.717, 1.165) is 3.79 Å². The van der Waals surface area contributed by atoms with Gasteiger partial charge in [-0.1, -0.05) is 45.3 Å². The first-order valence-corrected chi connectivity index (χ1v) is 8.46. The number of halogens is 3. The molecule has 0 aliphatic rings. The summed E-state index contributed by atoms with van der Waals surface area (Å²) in [6, 6.07) is 8.81. The maximum atomic E-state index is 3.78. The van der Waals surface area contributed by atoms with Gasteiger partial charge in [-0.2, -0.15) is 0 Å². The molecule has 0 fully saturated rings. The fourth-order valence-electron chi connectivity index (χ4n) is 1.86. The molecule has 1 atom stereocenters. The smallest absolute Gasteiger partial charge is 0.0757 e. The van der Waals surface area contributed by atoms with Gasteiger partial charge >= 0.3 is 0 Å². The molecular weight excluding hydrogens is 428 g/mol. The molecule has 17 heavy (non-hydrogen) atoms. The van der Waals surface area contributed by atoms with Crippen LogP contribution in [0.4, 0.5) is 0 Å². The van der Waals surface area contributed by atoms with Crippen molar-refractivity contribution in [3.63, 3.8) is 0 Å². The first kappa shape index (κ1) is 13.8. The predicted molar refractivity (Wildman–Crippen MR) is 86.4 cm³/mol. The van der Waals surface area contributed by atoms with Crippen LogP contribution in [0.25, 0.3) is 0 Å². The summed E-state index contributed by atoms with van der Waals surface area (Å²) in [7, 11) is 0. The minimum Gasteiger partial charge on any atom is -0.121 e. The van der Waals surface area contributed by atoms with Crippen molar-refractivity contribution >= 4 is 59.1 Å². The maximum absolute atomic E-state index is 3.78. The van der Waals surface area contributed by atoms with Crippen LogP contribution in [-0.2, 0) is 0 Å². The number of aryl methyl sites for hydroxylation is 2. The summed E-state index contributed by atoms with van der Waals surface area (Å²) in [5.74, 6) is 0. The molecule has 0 saturated carbocycles. The Morgan fingerprint density at radius 3 is 2.06 bits per heavy atom. The van der Waals surface area contributed by atoms with E-state index in [1.807, 2.05) is 0 Å². The molecule has 0 N–H and O–H groups in total. The highest BCUT2D eigenvalue weighted by molar-refractivity contribution is 9.12. The molecule has 1 aromatic carbocycles. The Balaban J connectivity index is 2.43. The first-order valence-electron chi connectivity index (χ1n) is 5.14. The van der Waals surface area contributed by atoms with Gasteiger partial charge in [0.1, 0.15) is 0 Å². The summed E-state index contributed by atoms with van der Waals surface area (Å²) in [6.07, 6.45) is 0. The standard InChI is InChI=1S/C13H11Br3S/c1-7-3-8(2)5-9(4-7)12(15)10-6-11(14)17-13(10)16/h3-6,12H,1-2H3. The lowest BCUT2D eigenvalue weighted by molar-refractivity contribution is 1.16. The molecule has 1 unspecified atom stereocenters. The largest absolute Gasteiger partial charge is 0.121 e. The molecule has 0 radical (unpaired) electrons. The molecule has 4 heteroatoms. The van der Waals surface area contributed by atoms with Crippen LogP contribution in [0.2, 0.25) is 0 Å². The van der Waals surface area contributed by atoms with Crippen molar-refractivity contribution in [3.8, 4) is 0 Å². The summed E-state index contributed by atoms with van der Waals surface area (Å²) < 4.78 is 2.32. The minimum atomic E-state index is 0.234. The zero-order valence-electron chi connectivity index (χ0n) is 9.43. The van der Waals surface area contributed by atoms with E-state index >= 15 is 0 Å². The summed E-state index contributed by atoms with van der Waals surface area (Å²) in [5.41, 5.74) is 5.17. The molecule has 0 aliphatic heterocycles. The highest BCUT2D eigenvalue weighted by atomic mass is 79.9. The third-order valence-corrected chi connectivity index (χ3v) is 5.90. The van der Waals surface area contributed by atoms with Gasteiger partial charge in [-0.25, -0.2) is 0 Å². The summed E-state index contributed by atoms with van der Waals surface area (Å²) in [6.45, 7) is 4.27. The van der Waals surface area contributed by atoms with E-state index < -0.39 is 0 Å². The number of hydrogen-bond acceptors (Lipinski definition) is 1. The third kappa shape index (κ3) is 3.22.